The van der Waals surface area contributed by atoms with Gasteiger partial charge in [-0.05, 0) is 44.8 Å². The van der Waals surface area contributed by atoms with E-state index in [4.69, 9.17) is 10.8 Å². The molecule has 3 aromatic rings. The van der Waals surface area contributed by atoms with Crippen molar-refractivity contribution in [3.05, 3.63) is 83.7 Å². The topological polar surface area (TPSA) is 101 Å². The van der Waals surface area contributed by atoms with E-state index in [1.165, 1.54) is 6.21 Å². The number of aliphatic imine (C=N–C) groups is 1. The summed E-state index contributed by atoms with van der Waals surface area (Å²) in [7, 11) is 0. The lowest BCUT2D eigenvalue weighted by atomic mass is 10.1. The number of rotatable bonds is 6. The van der Waals surface area contributed by atoms with Crippen molar-refractivity contribution < 1.29 is 4.79 Å². The molecule has 0 atom stereocenters. The average molecular weight is 440 g/mol. The van der Waals surface area contributed by atoms with Crippen molar-refractivity contribution >= 4 is 30.3 Å². The summed E-state index contributed by atoms with van der Waals surface area (Å²) in [5, 5.41) is 13.7. The predicted molar refractivity (Wildman–Crippen MR) is 133 cm³/mol. The van der Waals surface area contributed by atoms with Gasteiger partial charge < -0.3 is 11.1 Å². The van der Waals surface area contributed by atoms with Crippen molar-refractivity contribution in [3.63, 3.8) is 0 Å². The first-order valence-electron chi connectivity index (χ1n) is 10.5. The normalized spacial score (nSPS) is 13.6. The van der Waals surface area contributed by atoms with E-state index in [1.54, 1.807) is 9.69 Å². The Balaban J connectivity index is 1.71. The summed E-state index contributed by atoms with van der Waals surface area (Å²) in [6.45, 7) is 7.89. The number of allylic oxidation sites excluding steroid dienone is 1. The number of hydrogen-bond donors (Lipinski definition) is 2. The van der Waals surface area contributed by atoms with Crippen molar-refractivity contribution in [1.82, 2.24) is 14.8 Å². The number of nitrogens with zero attached hydrogens (tertiary/aromatic N) is 5. The minimum absolute atomic E-state index is 0.335. The molecule has 0 saturated heterocycles. The van der Waals surface area contributed by atoms with Crippen LogP contribution in [0.4, 0.5) is 11.5 Å². The Morgan fingerprint density at radius 1 is 1.18 bits per heavy atom. The number of benzene rings is 2. The highest BCUT2D eigenvalue weighted by Gasteiger charge is 2.21. The molecule has 0 radical (unpaired) electrons. The maximum atomic E-state index is 13.2. The number of hydrogen-bond acceptors (Lipinski definition) is 6. The number of carbonyl (C=O) groups is 1. The molecule has 2 heterocycles. The minimum Gasteiger partial charge on any atom is -0.399 e. The molecular formula is C25H25N7O. The van der Waals surface area contributed by atoms with Gasteiger partial charge in [-0.25, -0.2) is 4.68 Å². The van der Waals surface area contributed by atoms with E-state index in [9.17, 15) is 4.79 Å². The van der Waals surface area contributed by atoms with E-state index in [1.807, 2.05) is 80.7 Å². The van der Waals surface area contributed by atoms with Crippen LogP contribution in [-0.4, -0.2) is 40.2 Å². The highest BCUT2D eigenvalue weighted by atomic mass is 16.1. The Morgan fingerprint density at radius 2 is 1.91 bits per heavy atom. The van der Waals surface area contributed by atoms with E-state index >= 15 is 0 Å². The molecule has 0 aliphatic carbocycles. The molecule has 0 spiro atoms. The standard InChI is InChI=1S/C25H25N7O/c1-4-13-31-16-23(27-3)21(15-28-31)25(33)29-24-14-22(18-7-9-19(26)10-8-18)30-32(24)20-11-5-17(2)6-12-20/h4-15H,3,16,26H2,1-2H3,(H,29,33)/b13-4-. The third-order valence-corrected chi connectivity index (χ3v) is 5.15. The van der Waals surface area contributed by atoms with Crippen molar-refractivity contribution in [3.8, 4) is 16.9 Å². The maximum Gasteiger partial charge on any atom is 0.260 e. The van der Waals surface area contributed by atoms with Crippen LogP contribution >= 0.6 is 0 Å². The number of nitrogen functional groups attached to an aromatic ring is 1. The Hall–Kier alpha value is -4.46. The van der Waals surface area contributed by atoms with E-state index in [0.29, 0.717) is 35.0 Å². The predicted octanol–water partition coefficient (Wildman–Crippen LogP) is 4.16. The number of hydrazone groups is 1. The molecule has 8 heteroatoms. The molecule has 33 heavy (non-hydrogen) atoms. The fourth-order valence-electron chi connectivity index (χ4n) is 3.41. The summed E-state index contributed by atoms with van der Waals surface area (Å²) >= 11 is 0. The number of anilines is 2. The molecule has 3 N–H and O–H groups in total. The zero-order valence-corrected chi connectivity index (χ0v) is 18.6. The van der Waals surface area contributed by atoms with Crippen molar-refractivity contribution in [1.29, 1.82) is 0 Å². The second-order valence-electron chi connectivity index (χ2n) is 7.58. The van der Waals surface area contributed by atoms with Crippen LogP contribution in [0.3, 0.4) is 0 Å². The fourth-order valence-corrected chi connectivity index (χ4v) is 3.41. The van der Waals surface area contributed by atoms with Crippen LogP contribution < -0.4 is 11.1 Å². The lowest BCUT2D eigenvalue weighted by Crippen LogP contribution is -2.26. The van der Waals surface area contributed by atoms with Crippen LogP contribution in [0.5, 0.6) is 0 Å². The van der Waals surface area contributed by atoms with Gasteiger partial charge in [-0.2, -0.15) is 10.2 Å². The van der Waals surface area contributed by atoms with Crippen LogP contribution in [-0.2, 0) is 4.79 Å². The van der Waals surface area contributed by atoms with Crippen LogP contribution in [0.25, 0.3) is 16.9 Å². The van der Waals surface area contributed by atoms with Gasteiger partial charge in [-0.1, -0.05) is 35.9 Å². The molecule has 0 saturated carbocycles. The maximum absolute atomic E-state index is 13.2. The van der Waals surface area contributed by atoms with Crippen LogP contribution in [0.15, 0.2) is 88.2 Å². The number of carbonyl (C=O) groups excluding carboxylic acids is 1. The Labute approximate surface area is 192 Å². The second kappa shape index (κ2) is 9.35. The first-order chi connectivity index (χ1) is 16.0. The van der Waals surface area contributed by atoms with Crippen LogP contribution in [0.2, 0.25) is 0 Å². The molecule has 8 nitrogen and oxygen atoms in total. The summed E-state index contributed by atoms with van der Waals surface area (Å²) in [4.78, 5) is 17.2. The largest absolute Gasteiger partial charge is 0.399 e. The molecule has 4 rings (SSSR count). The van der Waals surface area contributed by atoms with E-state index < -0.39 is 0 Å². The molecular weight excluding hydrogens is 414 g/mol. The van der Waals surface area contributed by atoms with Crippen molar-refractivity contribution in [2.45, 2.75) is 13.8 Å². The monoisotopic (exact) mass is 439 g/mol. The number of nitrogens with two attached hydrogens (primary N) is 1. The number of nitrogens with one attached hydrogen (secondary N) is 1. The first-order valence-corrected chi connectivity index (χ1v) is 10.5. The number of aromatic nitrogens is 2. The fraction of sp³-hybridized carbons (Fsp3) is 0.120. The molecule has 1 aliphatic rings. The molecule has 1 amide bonds. The highest BCUT2D eigenvalue weighted by molar-refractivity contribution is 6.18. The number of amides is 1. The lowest BCUT2D eigenvalue weighted by molar-refractivity contribution is -0.112. The van der Waals surface area contributed by atoms with Gasteiger partial charge in [0.1, 0.15) is 5.82 Å². The van der Waals surface area contributed by atoms with E-state index in [-0.39, 0.29) is 5.91 Å². The second-order valence-corrected chi connectivity index (χ2v) is 7.58. The smallest absolute Gasteiger partial charge is 0.260 e. The van der Waals surface area contributed by atoms with Crippen molar-refractivity contribution in [2.75, 3.05) is 17.6 Å². The zero-order valence-electron chi connectivity index (χ0n) is 18.6. The van der Waals surface area contributed by atoms with Crippen LogP contribution in [0, 0.1) is 6.92 Å². The molecule has 0 fully saturated rings. The zero-order chi connectivity index (χ0) is 23.4. The molecule has 0 bridgehead atoms. The Kier molecular flexibility index (Phi) is 6.17. The molecule has 166 valence electrons. The van der Waals surface area contributed by atoms with Gasteiger partial charge in [-0.3, -0.25) is 14.8 Å². The summed E-state index contributed by atoms with van der Waals surface area (Å²) < 4.78 is 1.71. The molecule has 1 aliphatic heterocycles. The van der Waals surface area contributed by atoms with Gasteiger partial charge in [0, 0.05) is 23.5 Å². The highest BCUT2D eigenvalue weighted by Crippen LogP contribution is 2.26. The minimum atomic E-state index is -0.335. The third kappa shape index (κ3) is 4.74. The summed E-state index contributed by atoms with van der Waals surface area (Å²) in [5.74, 6) is 0.189. The lowest BCUT2D eigenvalue weighted by Gasteiger charge is -2.20. The summed E-state index contributed by atoms with van der Waals surface area (Å²) in [6.07, 6.45) is 5.17. The first kappa shape index (κ1) is 21.8. The van der Waals surface area contributed by atoms with Gasteiger partial charge in [-0.15, -0.1) is 0 Å². The molecule has 2 aromatic carbocycles. The van der Waals surface area contributed by atoms with Crippen molar-refractivity contribution in [2.24, 2.45) is 10.1 Å². The quantitative estimate of drug-likeness (QED) is 0.445. The Morgan fingerprint density at radius 3 is 2.58 bits per heavy atom. The van der Waals surface area contributed by atoms with Gasteiger partial charge >= 0.3 is 0 Å². The molecule has 0 unspecified atom stereocenters. The molecule has 1 aromatic heterocycles. The average Bonchev–Trinajstić information content (AvgIpc) is 3.23. The van der Waals surface area contributed by atoms with Gasteiger partial charge in [0.15, 0.2) is 0 Å². The van der Waals surface area contributed by atoms with E-state index in [0.717, 1.165) is 16.8 Å². The van der Waals surface area contributed by atoms with Gasteiger partial charge in [0.25, 0.3) is 5.91 Å². The summed E-state index contributed by atoms with van der Waals surface area (Å²) in [5.41, 5.74) is 10.9. The Bertz CT molecular complexity index is 1270. The SMILES string of the molecule is C=NC1=C(C(=O)Nc2cc(-c3ccc(N)cc3)nn2-c2ccc(C)cc2)C=NN(/C=C\C)C1. The third-order valence-electron chi connectivity index (χ3n) is 5.15. The van der Waals surface area contributed by atoms with Gasteiger partial charge in [0.05, 0.1) is 35.4 Å². The summed E-state index contributed by atoms with van der Waals surface area (Å²) in [6, 6.07) is 17.2. The van der Waals surface area contributed by atoms with E-state index in [2.05, 4.69) is 22.1 Å². The van der Waals surface area contributed by atoms with Gasteiger partial charge in [0.2, 0.25) is 0 Å². The number of aryl methyl sites for hydroxylation is 1. The van der Waals surface area contributed by atoms with Crippen LogP contribution in [0.1, 0.15) is 12.5 Å².